The van der Waals surface area contributed by atoms with Crippen molar-refractivity contribution in [1.29, 1.82) is 0 Å². The van der Waals surface area contributed by atoms with Gasteiger partial charge in [0.25, 0.3) is 0 Å². The smallest absolute Gasteiger partial charge is 0.191 e. The van der Waals surface area contributed by atoms with Gasteiger partial charge in [-0.25, -0.2) is 0 Å². The number of para-hydroxylation sites is 1. The summed E-state index contributed by atoms with van der Waals surface area (Å²) in [6, 6.07) is 20.3. The first-order chi connectivity index (χ1) is 12.7. The first-order valence-electron chi connectivity index (χ1n) is 9.18. The third kappa shape index (κ3) is 6.41. The highest BCUT2D eigenvalue weighted by Gasteiger charge is 2.10. The summed E-state index contributed by atoms with van der Waals surface area (Å²) in [5.41, 5.74) is 2.30. The molecule has 140 valence electrons. The Kier molecular flexibility index (Phi) is 8.49. The van der Waals surface area contributed by atoms with Crippen LogP contribution in [0.3, 0.4) is 0 Å². The highest BCUT2D eigenvalue weighted by molar-refractivity contribution is 5.79. The van der Waals surface area contributed by atoms with Gasteiger partial charge in [0.2, 0.25) is 0 Å². The van der Waals surface area contributed by atoms with Crippen LogP contribution < -0.4 is 15.5 Å². The Morgan fingerprint density at radius 1 is 1.04 bits per heavy atom. The maximum atomic E-state index is 9.68. The third-order valence-corrected chi connectivity index (χ3v) is 4.24. The standard InChI is InChI=1S/C21H30N4O/c1-3-22-21(23-14-15-25(2)20-12-8-5-9-13-20)24-16-19(17-26)18-10-6-4-7-11-18/h4-13,19,26H,3,14-17H2,1-2H3,(H2,22,23,24). The summed E-state index contributed by atoms with van der Waals surface area (Å²) in [5.74, 6) is 0.794. The van der Waals surface area contributed by atoms with Crippen LogP contribution in [-0.2, 0) is 0 Å². The van der Waals surface area contributed by atoms with Gasteiger partial charge in [0.1, 0.15) is 0 Å². The second-order valence-electron chi connectivity index (χ2n) is 6.19. The number of aliphatic hydroxyl groups is 1. The minimum atomic E-state index is 0.0126. The number of rotatable bonds is 9. The van der Waals surface area contributed by atoms with Crippen molar-refractivity contribution in [3.05, 3.63) is 66.2 Å². The molecule has 1 atom stereocenters. The van der Waals surface area contributed by atoms with Crippen LogP contribution in [0.1, 0.15) is 18.4 Å². The van der Waals surface area contributed by atoms with E-state index in [1.807, 2.05) is 55.5 Å². The van der Waals surface area contributed by atoms with Crippen molar-refractivity contribution in [1.82, 2.24) is 10.6 Å². The molecule has 2 rings (SSSR count). The number of benzene rings is 2. The zero-order valence-electron chi connectivity index (χ0n) is 15.7. The van der Waals surface area contributed by atoms with Crippen molar-refractivity contribution < 1.29 is 5.11 Å². The first-order valence-corrected chi connectivity index (χ1v) is 9.18. The van der Waals surface area contributed by atoms with Crippen LogP contribution in [0, 0.1) is 0 Å². The molecule has 0 aliphatic carbocycles. The second kappa shape index (κ2) is 11.2. The van der Waals surface area contributed by atoms with E-state index in [1.165, 1.54) is 5.69 Å². The summed E-state index contributed by atoms with van der Waals surface area (Å²) in [5, 5.41) is 16.3. The third-order valence-electron chi connectivity index (χ3n) is 4.24. The van der Waals surface area contributed by atoms with E-state index >= 15 is 0 Å². The molecule has 0 bridgehead atoms. The number of hydrogen-bond donors (Lipinski definition) is 3. The molecule has 3 N–H and O–H groups in total. The van der Waals surface area contributed by atoms with Crippen molar-refractivity contribution >= 4 is 11.6 Å². The highest BCUT2D eigenvalue weighted by atomic mass is 16.3. The summed E-state index contributed by atoms with van der Waals surface area (Å²) >= 11 is 0. The van der Waals surface area contributed by atoms with Crippen molar-refractivity contribution in [2.75, 3.05) is 44.7 Å². The maximum absolute atomic E-state index is 9.68. The van der Waals surface area contributed by atoms with E-state index in [0.717, 1.165) is 31.2 Å². The topological polar surface area (TPSA) is 59.9 Å². The van der Waals surface area contributed by atoms with Crippen LogP contribution >= 0.6 is 0 Å². The fourth-order valence-corrected chi connectivity index (χ4v) is 2.69. The van der Waals surface area contributed by atoms with Crippen molar-refractivity contribution in [3.63, 3.8) is 0 Å². The highest BCUT2D eigenvalue weighted by Crippen LogP contribution is 2.15. The molecule has 5 heteroatoms. The van der Waals surface area contributed by atoms with Gasteiger partial charge in [0.05, 0.1) is 13.2 Å². The lowest BCUT2D eigenvalue weighted by atomic mass is 10.0. The summed E-state index contributed by atoms with van der Waals surface area (Å²) in [4.78, 5) is 6.85. The normalized spacial score (nSPS) is 12.5. The Hall–Kier alpha value is -2.53. The molecule has 26 heavy (non-hydrogen) atoms. The second-order valence-corrected chi connectivity index (χ2v) is 6.19. The molecule has 0 saturated carbocycles. The summed E-state index contributed by atoms with van der Waals surface area (Å²) in [6.45, 7) is 5.14. The summed E-state index contributed by atoms with van der Waals surface area (Å²) in [7, 11) is 2.08. The van der Waals surface area contributed by atoms with Gasteiger partial charge >= 0.3 is 0 Å². The van der Waals surface area contributed by atoms with Gasteiger partial charge in [0, 0.05) is 38.3 Å². The summed E-state index contributed by atoms with van der Waals surface area (Å²) in [6.07, 6.45) is 0. The minimum Gasteiger partial charge on any atom is -0.396 e. The number of guanidine groups is 1. The van der Waals surface area contributed by atoms with Crippen LogP contribution in [-0.4, -0.2) is 50.9 Å². The van der Waals surface area contributed by atoms with E-state index < -0.39 is 0 Å². The quantitative estimate of drug-likeness (QED) is 0.478. The van der Waals surface area contributed by atoms with E-state index in [-0.39, 0.29) is 12.5 Å². The average molecular weight is 354 g/mol. The van der Waals surface area contributed by atoms with Crippen LogP contribution in [0.2, 0.25) is 0 Å². The molecule has 5 nitrogen and oxygen atoms in total. The number of aliphatic imine (C=N–C) groups is 1. The Morgan fingerprint density at radius 3 is 2.31 bits per heavy atom. The van der Waals surface area contributed by atoms with Crippen LogP contribution in [0.15, 0.2) is 65.7 Å². The molecule has 2 aromatic carbocycles. The number of anilines is 1. The van der Waals surface area contributed by atoms with E-state index in [4.69, 9.17) is 0 Å². The molecular formula is C21H30N4O. The minimum absolute atomic E-state index is 0.0126. The van der Waals surface area contributed by atoms with Crippen LogP contribution in [0.4, 0.5) is 5.69 Å². The van der Waals surface area contributed by atoms with Gasteiger partial charge in [-0.05, 0) is 24.6 Å². The van der Waals surface area contributed by atoms with Crippen LogP contribution in [0.5, 0.6) is 0 Å². The first kappa shape index (κ1) is 19.8. The molecule has 0 spiro atoms. The van der Waals surface area contributed by atoms with Crippen molar-refractivity contribution in [2.45, 2.75) is 12.8 Å². The molecule has 0 fully saturated rings. The molecule has 0 radical (unpaired) electrons. The van der Waals surface area contributed by atoms with E-state index in [1.54, 1.807) is 0 Å². The monoisotopic (exact) mass is 354 g/mol. The zero-order chi connectivity index (χ0) is 18.6. The van der Waals surface area contributed by atoms with Crippen LogP contribution in [0.25, 0.3) is 0 Å². The Bertz CT molecular complexity index is 646. The number of aliphatic hydroxyl groups excluding tert-OH is 1. The summed E-state index contributed by atoms with van der Waals surface area (Å²) < 4.78 is 0. The van der Waals surface area contributed by atoms with Gasteiger partial charge in [-0.15, -0.1) is 0 Å². The van der Waals surface area contributed by atoms with E-state index in [0.29, 0.717) is 6.54 Å². The van der Waals surface area contributed by atoms with E-state index in [9.17, 15) is 5.11 Å². The lowest BCUT2D eigenvalue weighted by molar-refractivity contribution is 0.268. The van der Waals surface area contributed by atoms with Gasteiger partial charge in [-0.2, -0.15) is 0 Å². The number of nitrogens with one attached hydrogen (secondary N) is 2. The lowest BCUT2D eigenvalue weighted by Gasteiger charge is -2.20. The Balaban J connectivity index is 1.87. The predicted octanol–water partition coefficient (Wildman–Crippen LogP) is 2.45. The fraction of sp³-hybridized carbons (Fsp3) is 0.381. The van der Waals surface area contributed by atoms with Gasteiger partial charge in [-0.1, -0.05) is 48.5 Å². The molecule has 0 heterocycles. The number of hydrogen-bond acceptors (Lipinski definition) is 3. The molecule has 0 amide bonds. The van der Waals surface area contributed by atoms with Crippen molar-refractivity contribution in [2.24, 2.45) is 4.99 Å². The molecular weight excluding hydrogens is 324 g/mol. The molecule has 0 saturated heterocycles. The molecule has 1 unspecified atom stereocenters. The number of nitrogens with zero attached hydrogens (tertiary/aromatic N) is 2. The SMILES string of the molecule is CCNC(=NCC(CO)c1ccccc1)NCCN(C)c1ccccc1. The predicted molar refractivity (Wildman–Crippen MR) is 110 cm³/mol. The number of likely N-dealkylation sites (N-methyl/N-ethyl adjacent to an activating group) is 1. The Morgan fingerprint density at radius 2 is 1.69 bits per heavy atom. The molecule has 2 aromatic rings. The molecule has 0 aliphatic rings. The Labute approximate surface area is 156 Å². The fourth-order valence-electron chi connectivity index (χ4n) is 2.69. The molecule has 0 aromatic heterocycles. The average Bonchev–Trinajstić information content (AvgIpc) is 2.69. The lowest BCUT2D eigenvalue weighted by Crippen LogP contribution is -2.41. The van der Waals surface area contributed by atoms with Gasteiger partial charge in [0.15, 0.2) is 5.96 Å². The maximum Gasteiger partial charge on any atom is 0.191 e. The van der Waals surface area contributed by atoms with E-state index in [2.05, 4.69) is 39.7 Å². The molecule has 0 aliphatic heterocycles. The van der Waals surface area contributed by atoms with Gasteiger partial charge < -0.3 is 20.6 Å². The largest absolute Gasteiger partial charge is 0.396 e. The zero-order valence-corrected chi connectivity index (χ0v) is 15.7. The van der Waals surface area contributed by atoms with Crippen molar-refractivity contribution in [3.8, 4) is 0 Å². The van der Waals surface area contributed by atoms with Gasteiger partial charge in [-0.3, -0.25) is 4.99 Å².